The highest BCUT2D eigenvalue weighted by molar-refractivity contribution is 6.31. The molecule has 5 N–H and O–H groups in total. The first kappa shape index (κ1) is 26.1. The summed E-state index contributed by atoms with van der Waals surface area (Å²) in [6, 6.07) is 10.7. The van der Waals surface area contributed by atoms with E-state index < -0.39 is 0 Å². The number of aromatic nitrogens is 2. The van der Waals surface area contributed by atoms with E-state index in [4.69, 9.17) is 17.3 Å². The molecule has 0 spiro atoms. The van der Waals surface area contributed by atoms with Gasteiger partial charge in [-0.3, -0.25) is 0 Å². The van der Waals surface area contributed by atoms with E-state index in [1.807, 2.05) is 24.3 Å². The van der Waals surface area contributed by atoms with Crippen LogP contribution in [0, 0.1) is 34.5 Å². The number of nitrogens with one attached hydrogen (secondary N) is 3. The smallest absolute Gasteiger partial charge is 0.314 e. The number of carbonyl (C=O) groups excluding carboxylic acids is 1. The largest absolute Gasteiger partial charge is 0.368 e. The number of piperidine rings is 1. The zero-order valence-corrected chi connectivity index (χ0v) is 23.0. The fourth-order valence-corrected chi connectivity index (χ4v) is 8.19. The Morgan fingerprint density at radius 3 is 2.59 bits per heavy atom. The Labute approximate surface area is 234 Å². The van der Waals surface area contributed by atoms with Gasteiger partial charge in [-0.15, -0.1) is 0 Å². The average molecular weight is 549 g/mol. The molecule has 1 aromatic carbocycles. The number of hydrogen-bond donors (Lipinski definition) is 4. The van der Waals surface area contributed by atoms with Crippen LogP contribution in [0.1, 0.15) is 56.1 Å². The molecule has 2 aromatic rings. The standard InChI is InChI=1S/C29H37ClN8O/c30-24-4-2-1-3-19(24)15-33-28-34-16-22(14-31)26(37-28)35-17-29-11-18-9-20(12-29)25(21(10-18)13-29)36-23-5-7-38(8-6-23)27(32)39/h1-4,16,18,20-21,23,25,36H,5-13,15,17H2,(H2,32,39)(H2,33,34,35,37)/t18?,20-,21+,25-,29-. The third-order valence-electron chi connectivity index (χ3n) is 9.57. The van der Waals surface area contributed by atoms with Crippen LogP contribution in [0.2, 0.25) is 5.02 Å². The zero-order chi connectivity index (χ0) is 27.0. The Balaban J connectivity index is 1.09. The predicted molar refractivity (Wildman–Crippen MR) is 151 cm³/mol. The molecule has 9 nitrogen and oxygen atoms in total. The molecule has 4 aliphatic carbocycles. The summed E-state index contributed by atoms with van der Waals surface area (Å²) in [6.07, 6.45) is 9.82. The first-order chi connectivity index (χ1) is 18.9. The summed E-state index contributed by atoms with van der Waals surface area (Å²) in [5, 5.41) is 21.3. The lowest BCUT2D eigenvalue weighted by Crippen LogP contribution is -2.62. The van der Waals surface area contributed by atoms with Crippen LogP contribution in [-0.2, 0) is 6.54 Å². The SMILES string of the molecule is N#Cc1cnc(NCc2ccccc2Cl)nc1NC[C@]12CC3C[C@H](C1)[C@@H](NC1CCN(C(N)=O)CC1)[C@@H](C3)C2. The number of nitrogens with two attached hydrogens (primary N) is 1. The number of nitriles is 1. The normalized spacial score (nSPS) is 29.7. The van der Waals surface area contributed by atoms with Gasteiger partial charge in [-0.1, -0.05) is 29.8 Å². The van der Waals surface area contributed by atoms with Gasteiger partial charge in [-0.2, -0.15) is 10.2 Å². The highest BCUT2D eigenvalue weighted by atomic mass is 35.5. The van der Waals surface area contributed by atoms with Gasteiger partial charge in [0.25, 0.3) is 0 Å². The van der Waals surface area contributed by atoms with E-state index in [0.29, 0.717) is 52.8 Å². The Hall–Kier alpha value is -3.09. The second-order valence-corrected chi connectivity index (χ2v) is 12.5. The molecule has 4 saturated carbocycles. The molecule has 1 aromatic heterocycles. The molecule has 5 atom stereocenters. The summed E-state index contributed by atoms with van der Waals surface area (Å²) in [4.78, 5) is 22.3. The molecule has 206 valence electrons. The minimum Gasteiger partial charge on any atom is -0.368 e. The maximum Gasteiger partial charge on any atom is 0.314 e. The number of rotatable bonds is 8. The zero-order valence-electron chi connectivity index (χ0n) is 22.2. The molecule has 10 heteroatoms. The molecule has 0 radical (unpaired) electrons. The topological polar surface area (TPSA) is 132 Å². The van der Waals surface area contributed by atoms with Gasteiger partial charge in [0.05, 0.1) is 6.20 Å². The van der Waals surface area contributed by atoms with E-state index in [1.54, 1.807) is 11.1 Å². The Kier molecular flexibility index (Phi) is 7.25. The van der Waals surface area contributed by atoms with Crippen LogP contribution in [0.4, 0.5) is 16.6 Å². The number of nitrogens with zero attached hydrogens (tertiary/aromatic N) is 4. The van der Waals surface area contributed by atoms with Gasteiger partial charge in [0, 0.05) is 43.3 Å². The number of halogens is 1. The summed E-state index contributed by atoms with van der Waals surface area (Å²) < 4.78 is 0. The predicted octanol–water partition coefficient (Wildman–Crippen LogP) is 4.35. The number of benzene rings is 1. The van der Waals surface area contributed by atoms with Gasteiger partial charge in [0.15, 0.2) is 0 Å². The van der Waals surface area contributed by atoms with Gasteiger partial charge in [-0.25, -0.2) is 9.78 Å². The number of primary amides is 1. The van der Waals surface area contributed by atoms with E-state index in [1.165, 1.54) is 32.1 Å². The second kappa shape index (κ2) is 10.8. The van der Waals surface area contributed by atoms with Crippen molar-refractivity contribution in [2.24, 2.45) is 28.9 Å². The van der Waals surface area contributed by atoms with Crippen LogP contribution in [0.25, 0.3) is 0 Å². The van der Waals surface area contributed by atoms with Gasteiger partial charge in [0.2, 0.25) is 5.95 Å². The van der Waals surface area contributed by atoms with Crippen LogP contribution in [-0.4, -0.2) is 52.6 Å². The number of hydrogen-bond acceptors (Lipinski definition) is 7. The van der Waals surface area contributed by atoms with Gasteiger partial charge in [-0.05, 0) is 79.7 Å². The molecule has 1 saturated heterocycles. The van der Waals surface area contributed by atoms with Crippen molar-refractivity contribution in [3.8, 4) is 6.07 Å². The molecular formula is C29H37ClN8O. The van der Waals surface area contributed by atoms with E-state index in [2.05, 4.69) is 32.0 Å². The third-order valence-corrected chi connectivity index (χ3v) is 9.94. The van der Waals surface area contributed by atoms with Crippen LogP contribution in [0.5, 0.6) is 0 Å². The lowest BCUT2D eigenvalue weighted by Gasteiger charge is -2.61. The number of anilines is 2. The van der Waals surface area contributed by atoms with Gasteiger partial charge >= 0.3 is 6.03 Å². The number of likely N-dealkylation sites (tertiary alicyclic amines) is 1. The van der Waals surface area contributed by atoms with E-state index in [-0.39, 0.29) is 11.4 Å². The summed E-state index contributed by atoms with van der Waals surface area (Å²) >= 11 is 6.29. The third kappa shape index (κ3) is 5.50. The van der Waals surface area contributed by atoms with Crippen molar-refractivity contribution < 1.29 is 4.79 Å². The Morgan fingerprint density at radius 2 is 1.90 bits per heavy atom. The fourth-order valence-electron chi connectivity index (χ4n) is 7.99. The Bertz CT molecular complexity index is 1240. The van der Waals surface area contributed by atoms with Crippen molar-refractivity contribution in [1.82, 2.24) is 20.2 Å². The molecule has 5 aliphatic rings. The molecule has 1 unspecified atom stereocenters. The van der Waals surface area contributed by atoms with Gasteiger partial charge < -0.3 is 26.6 Å². The summed E-state index contributed by atoms with van der Waals surface area (Å²) in [6.45, 7) is 2.84. The van der Waals surface area contributed by atoms with Crippen molar-refractivity contribution in [2.75, 3.05) is 30.3 Å². The van der Waals surface area contributed by atoms with Crippen LogP contribution >= 0.6 is 11.6 Å². The molecule has 39 heavy (non-hydrogen) atoms. The highest BCUT2D eigenvalue weighted by Gasteiger charge is 2.55. The van der Waals surface area contributed by atoms with Gasteiger partial charge in [0.1, 0.15) is 17.5 Å². The van der Waals surface area contributed by atoms with Crippen molar-refractivity contribution >= 4 is 29.4 Å². The van der Waals surface area contributed by atoms with Crippen LogP contribution < -0.4 is 21.7 Å². The van der Waals surface area contributed by atoms with Crippen molar-refractivity contribution in [3.63, 3.8) is 0 Å². The monoisotopic (exact) mass is 548 g/mol. The molecule has 4 bridgehead atoms. The fraction of sp³-hybridized carbons (Fsp3) is 0.586. The second-order valence-electron chi connectivity index (χ2n) is 12.1. The maximum atomic E-state index is 11.5. The summed E-state index contributed by atoms with van der Waals surface area (Å²) in [5.41, 5.74) is 7.15. The van der Waals surface area contributed by atoms with Crippen LogP contribution in [0.3, 0.4) is 0 Å². The first-order valence-corrected chi connectivity index (χ1v) is 14.6. The molecule has 7 rings (SSSR count). The van der Waals surface area contributed by atoms with E-state index >= 15 is 0 Å². The number of carbonyl (C=O) groups is 1. The molecule has 2 heterocycles. The van der Waals surface area contributed by atoms with Crippen molar-refractivity contribution in [2.45, 2.75) is 63.6 Å². The van der Waals surface area contributed by atoms with Crippen molar-refractivity contribution in [1.29, 1.82) is 5.26 Å². The number of urea groups is 1. The highest BCUT2D eigenvalue weighted by Crippen LogP contribution is 2.60. The summed E-state index contributed by atoms with van der Waals surface area (Å²) in [7, 11) is 0. The number of amides is 2. The lowest BCUT2D eigenvalue weighted by atomic mass is 9.48. The lowest BCUT2D eigenvalue weighted by molar-refractivity contribution is -0.0732. The molecular weight excluding hydrogens is 512 g/mol. The van der Waals surface area contributed by atoms with Crippen LogP contribution in [0.15, 0.2) is 30.5 Å². The summed E-state index contributed by atoms with van der Waals surface area (Å²) in [5.74, 6) is 3.23. The Morgan fingerprint density at radius 1 is 1.15 bits per heavy atom. The molecule has 2 amide bonds. The van der Waals surface area contributed by atoms with Crippen molar-refractivity contribution in [3.05, 3.63) is 46.6 Å². The molecule has 5 fully saturated rings. The molecule has 1 aliphatic heterocycles. The average Bonchev–Trinajstić information content (AvgIpc) is 2.93. The minimum absolute atomic E-state index is 0.243. The maximum absolute atomic E-state index is 11.5. The minimum atomic E-state index is -0.302. The quantitative estimate of drug-likeness (QED) is 0.385. The van der Waals surface area contributed by atoms with E-state index in [0.717, 1.165) is 44.0 Å². The van der Waals surface area contributed by atoms with E-state index in [9.17, 15) is 10.1 Å². The first-order valence-electron chi connectivity index (χ1n) is 14.2.